The first-order valence-corrected chi connectivity index (χ1v) is 9.27. The molecule has 0 radical (unpaired) electrons. The number of amidine groups is 1. The van der Waals surface area contributed by atoms with Crippen molar-refractivity contribution in [2.24, 2.45) is 10.7 Å². The van der Waals surface area contributed by atoms with E-state index in [4.69, 9.17) is 10.5 Å². The van der Waals surface area contributed by atoms with Crippen molar-refractivity contribution in [3.8, 4) is 5.75 Å². The van der Waals surface area contributed by atoms with Gasteiger partial charge < -0.3 is 15.8 Å². The highest BCUT2D eigenvalue weighted by atomic mass is 79.9. The van der Waals surface area contributed by atoms with Gasteiger partial charge in [-0.3, -0.25) is 9.59 Å². The number of halogens is 2. The second-order valence-corrected chi connectivity index (χ2v) is 7.32. The van der Waals surface area contributed by atoms with Crippen LogP contribution in [-0.4, -0.2) is 23.6 Å². The average molecular weight is 450 g/mol. The lowest BCUT2D eigenvalue weighted by atomic mass is 10.2. The molecule has 0 spiro atoms. The highest BCUT2D eigenvalue weighted by Gasteiger charge is 2.19. The zero-order chi connectivity index (χ0) is 19.4. The highest BCUT2D eigenvalue weighted by molar-refractivity contribution is 9.10. The summed E-state index contributed by atoms with van der Waals surface area (Å²) < 4.78 is 19.0. The smallest absolute Gasteiger partial charge is 0.286 e. The summed E-state index contributed by atoms with van der Waals surface area (Å²) in [4.78, 5) is 27.6. The van der Waals surface area contributed by atoms with Crippen LogP contribution in [0.2, 0.25) is 0 Å². The highest BCUT2D eigenvalue weighted by Crippen LogP contribution is 2.30. The van der Waals surface area contributed by atoms with E-state index in [0.717, 1.165) is 17.3 Å². The van der Waals surface area contributed by atoms with Crippen LogP contribution in [0.3, 0.4) is 0 Å². The SMILES string of the molecule is NC1=NC(=O)C(=Cc2ccc(OCC(=O)Nc3ccc(F)cc3)c(Br)c2)S1. The summed E-state index contributed by atoms with van der Waals surface area (Å²) in [5.41, 5.74) is 6.75. The number of carbonyl (C=O) groups is 2. The molecule has 0 fully saturated rings. The number of rotatable bonds is 5. The Morgan fingerprint density at radius 2 is 2.04 bits per heavy atom. The summed E-state index contributed by atoms with van der Waals surface area (Å²) in [7, 11) is 0. The number of nitrogens with zero attached hydrogens (tertiary/aromatic N) is 1. The number of benzene rings is 2. The van der Waals surface area contributed by atoms with E-state index in [2.05, 4.69) is 26.2 Å². The number of thioether (sulfide) groups is 1. The van der Waals surface area contributed by atoms with E-state index < -0.39 is 0 Å². The number of nitrogens with one attached hydrogen (secondary N) is 1. The molecule has 1 aliphatic heterocycles. The molecule has 138 valence electrons. The minimum atomic E-state index is -0.379. The molecule has 2 aromatic rings. The molecule has 1 heterocycles. The van der Waals surface area contributed by atoms with Crippen LogP contribution in [0.4, 0.5) is 10.1 Å². The molecule has 3 N–H and O–H groups in total. The largest absolute Gasteiger partial charge is 0.483 e. The Morgan fingerprint density at radius 3 is 2.67 bits per heavy atom. The Bertz CT molecular complexity index is 961. The van der Waals surface area contributed by atoms with E-state index in [1.807, 2.05) is 0 Å². The van der Waals surface area contributed by atoms with Gasteiger partial charge >= 0.3 is 0 Å². The summed E-state index contributed by atoms with van der Waals surface area (Å²) in [5, 5.41) is 2.83. The number of anilines is 1. The fourth-order valence-corrected chi connectivity index (χ4v) is 3.37. The van der Waals surface area contributed by atoms with Gasteiger partial charge in [0.05, 0.1) is 9.38 Å². The van der Waals surface area contributed by atoms with Crippen molar-refractivity contribution >= 4 is 56.4 Å². The van der Waals surface area contributed by atoms with Crippen molar-refractivity contribution in [2.75, 3.05) is 11.9 Å². The summed E-state index contributed by atoms with van der Waals surface area (Å²) in [6, 6.07) is 10.6. The number of carbonyl (C=O) groups excluding carboxylic acids is 2. The van der Waals surface area contributed by atoms with Crippen molar-refractivity contribution in [2.45, 2.75) is 0 Å². The number of nitrogens with two attached hydrogens (primary N) is 1. The molecule has 3 rings (SSSR count). The van der Waals surface area contributed by atoms with Gasteiger partial charge in [0.2, 0.25) is 0 Å². The monoisotopic (exact) mass is 449 g/mol. The van der Waals surface area contributed by atoms with Crippen LogP contribution in [0.1, 0.15) is 5.56 Å². The third-order valence-electron chi connectivity index (χ3n) is 3.38. The third-order valence-corrected chi connectivity index (χ3v) is 4.81. The van der Waals surface area contributed by atoms with Gasteiger partial charge in [-0.05, 0) is 75.7 Å². The Balaban J connectivity index is 1.59. The number of amides is 2. The van der Waals surface area contributed by atoms with Crippen molar-refractivity contribution in [3.05, 3.63) is 63.2 Å². The molecule has 9 heteroatoms. The normalized spacial score (nSPS) is 15.0. The van der Waals surface area contributed by atoms with Crippen molar-refractivity contribution in [1.82, 2.24) is 0 Å². The Labute approximate surface area is 166 Å². The molecular weight excluding hydrogens is 437 g/mol. The van der Waals surface area contributed by atoms with Crippen LogP contribution in [0, 0.1) is 5.82 Å². The Hall–Kier alpha value is -2.65. The number of ether oxygens (including phenoxy) is 1. The molecule has 27 heavy (non-hydrogen) atoms. The second kappa shape index (κ2) is 8.36. The Morgan fingerprint density at radius 1 is 1.30 bits per heavy atom. The first kappa shape index (κ1) is 19.1. The van der Waals surface area contributed by atoms with Crippen LogP contribution in [0.5, 0.6) is 5.75 Å². The van der Waals surface area contributed by atoms with Gasteiger partial charge in [0, 0.05) is 5.69 Å². The predicted octanol–water partition coefficient (Wildman–Crippen LogP) is 3.53. The van der Waals surface area contributed by atoms with Gasteiger partial charge in [-0.25, -0.2) is 4.39 Å². The molecule has 0 aliphatic carbocycles. The number of hydrogen-bond donors (Lipinski definition) is 2. The molecule has 2 amide bonds. The minimum absolute atomic E-state index is 0.213. The van der Waals surface area contributed by atoms with Crippen LogP contribution < -0.4 is 15.8 Å². The number of hydrogen-bond acceptors (Lipinski definition) is 5. The van der Waals surface area contributed by atoms with E-state index in [9.17, 15) is 14.0 Å². The molecule has 0 aromatic heterocycles. The van der Waals surface area contributed by atoms with Gasteiger partial charge in [-0.2, -0.15) is 4.99 Å². The van der Waals surface area contributed by atoms with Crippen LogP contribution in [-0.2, 0) is 9.59 Å². The second-order valence-electron chi connectivity index (χ2n) is 5.40. The van der Waals surface area contributed by atoms with Crippen LogP contribution in [0.25, 0.3) is 6.08 Å². The van der Waals surface area contributed by atoms with E-state index in [1.165, 1.54) is 24.3 Å². The summed E-state index contributed by atoms with van der Waals surface area (Å²) >= 11 is 4.49. The van der Waals surface area contributed by atoms with E-state index in [-0.39, 0.29) is 29.4 Å². The lowest BCUT2D eigenvalue weighted by Crippen LogP contribution is -2.20. The number of aliphatic imine (C=N–C) groups is 1. The summed E-state index contributed by atoms with van der Waals surface area (Å²) in [6.07, 6.45) is 1.67. The lowest BCUT2D eigenvalue weighted by Gasteiger charge is -2.09. The van der Waals surface area contributed by atoms with Crippen LogP contribution in [0.15, 0.2) is 56.8 Å². The molecule has 0 saturated carbocycles. The molecule has 1 aliphatic rings. The quantitative estimate of drug-likeness (QED) is 0.680. The van der Waals surface area contributed by atoms with E-state index in [0.29, 0.717) is 20.8 Å². The van der Waals surface area contributed by atoms with Gasteiger partial charge in [0.25, 0.3) is 11.8 Å². The zero-order valence-electron chi connectivity index (χ0n) is 13.7. The standard InChI is InChI=1S/C18H13BrFN3O3S/c19-13-7-10(8-15-17(25)23-18(21)27-15)1-6-14(13)26-9-16(24)22-12-4-2-11(20)3-5-12/h1-8H,9H2,(H,22,24)(H2,21,23,25). The molecule has 0 bridgehead atoms. The van der Waals surface area contributed by atoms with Gasteiger partial charge in [0.1, 0.15) is 11.6 Å². The molecule has 6 nitrogen and oxygen atoms in total. The van der Waals surface area contributed by atoms with Gasteiger partial charge in [-0.1, -0.05) is 6.07 Å². The molecule has 2 aromatic carbocycles. The van der Waals surface area contributed by atoms with E-state index >= 15 is 0 Å². The first-order chi connectivity index (χ1) is 12.9. The molecule has 0 saturated heterocycles. The van der Waals surface area contributed by atoms with E-state index in [1.54, 1.807) is 24.3 Å². The van der Waals surface area contributed by atoms with Crippen molar-refractivity contribution in [3.63, 3.8) is 0 Å². The summed E-state index contributed by atoms with van der Waals surface area (Å²) in [5.74, 6) is -0.658. The minimum Gasteiger partial charge on any atom is -0.483 e. The zero-order valence-corrected chi connectivity index (χ0v) is 16.1. The average Bonchev–Trinajstić information content (AvgIpc) is 2.93. The molecule has 0 unspecified atom stereocenters. The predicted molar refractivity (Wildman–Crippen MR) is 107 cm³/mol. The fourth-order valence-electron chi connectivity index (χ4n) is 2.17. The fraction of sp³-hybridized carbons (Fsp3) is 0.0556. The van der Waals surface area contributed by atoms with Crippen molar-refractivity contribution in [1.29, 1.82) is 0 Å². The maximum atomic E-state index is 12.9. The Kier molecular flexibility index (Phi) is 5.92. The van der Waals surface area contributed by atoms with Gasteiger partial charge in [-0.15, -0.1) is 0 Å². The third kappa shape index (κ3) is 5.18. The van der Waals surface area contributed by atoms with Gasteiger partial charge in [0.15, 0.2) is 11.8 Å². The first-order valence-electron chi connectivity index (χ1n) is 7.66. The maximum Gasteiger partial charge on any atom is 0.286 e. The maximum absolute atomic E-state index is 12.9. The lowest BCUT2D eigenvalue weighted by molar-refractivity contribution is -0.118. The van der Waals surface area contributed by atoms with Crippen LogP contribution >= 0.6 is 27.7 Å². The molecular formula is C18H13BrFN3O3S. The summed E-state index contributed by atoms with van der Waals surface area (Å²) in [6.45, 7) is -0.213. The molecule has 0 atom stereocenters. The topological polar surface area (TPSA) is 93.8 Å². The van der Waals surface area contributed by atoms with Crippen molar-refractivity contribution < 1.29 is 18.7 Å².